The van der Waals surface area contributed by atoms with Gasteiger partial charge in [-0.2, -0.15) is 5.10 Å². The number of hydrogen-bond donors (Lipinski definition) is 1. The Morgan fingerprint density at radius 1 is 1.32 bits per heavy atom. The van der Waals surface area contributed by atoms with Crippen LogP contribution in [0, 0.1) is 11.3 Å². The molecule has 0 saturated heterocycles. The second-order valence-corrected chi connectivity index (χ2v) is 6.00. The molecule has 1 saturated carbocycles. The number of amides is 1. The van der Waals surface area contributed by atoms with E-state index in [1.54, 1.807) is 11.0 Å². The van der Waals surface area contributed by atoms with Crippen molar-refractivity contribution in [3.63, 3.8) is 0 Å². The van der Waals surface area contributed by atoms with Gasteiger partial charge in [-0.3, -0.25) is 4.79 Å². The molecule has 0 radical (unpaired) electrons. The SMILES string of the molecule is CC1(C)C(C(=O)NCc2ccc(-n3cncn3)cc2)C1(F)F. The Kier molecular flexibility index (Phi) is 3.23. The van der Waals surface area contributed by atoms with E-state index in [0.29, 0.717) is 0 Å². The maximum atomic E-state index is 13.5. The van der Waals surface area contributed by atoms with Crippen molar-refractivity contribution in [1.29, 1.82) is 0 Å². The van der Waals surface area contributed by atoms with Gasteiger partial charge in [0.15, 0.2) is 0 Å². The third kappa shape index (κ3) is 2.26. The van der Waals surface area contributed by atoms with Crippen molar-refractivity contribution in [2.24, 2.45) is 11.3 Å². The summed E-state index contributed by atoms with van der Waals surface area (Å²) in [6.45, 7) is 3.04. The lowest BCUT2D eigenvalue weighted by atomic mass is 10.1. The second kappa shape index (κ2) is 4.86. The van der Waals surface area contributed by atoms with Crippen molar-refractivity contribution in [3.05, 3.63) is 42.5 Å². The van der Waals surface area contributed by atoms with Crippen molar-refractivity contribution in [2.45, 2.75) is 26.3 Å². The first-order valence-corrected chi connectivity index (χ1v) is 6.93. The van der Waals surface area contributed by atoms with Crippen LogP contribution in [0.3, 0.4) is 0 Å². The molecule has 0 spiro atoms. The van der Waals surface area contributed by atoms with E-state index in [-0.39, 0.29) is 6.54 Å². The largest absolute Gasteiger partial charge is 0.352 e. The molecule has 1 amide bonds. The second-order valence-electron chi connectivity index (χ2n) is 6.00. The number of rotatable bonds is 4. The number of hydrogen-bond acceptors (Lipinski definition) is 3. The normalized spacial score (nSPS) is 21.4. The van der Waals surface area contributed by atoms with E-state index >= 15 is 0 Å². The van der Waals surface area contributed by atoms with Crippen molar-refractivity contribution in [2.75, 3.05) is 0 Å². The fraction of sp³-hybridized carbons (Fsp3) is 0.400. The van der Waals surface area contributed by atoms with E-state index < -0.39 is 23.2 Å². The Morgan fingerprint density at radius 2 is 1.95 bits per heavy atom. The Labute approximate surface area is 126 Å². The van der Waals surface area contributed by atoms with Crippen LogP contribution in [0.15, 0.2) is 36.9 Å². The Morgan fingerprint density at radius 3 is 2.45 bits per heavy atom. The smallest absolute Gasteiger partial charge is 0.266 e. The molecule has 1 unspecified atom stereocenters. The lowest BCUT2D eigenvalue weighted by Gasteiger charge is -2.06. The predicted octanol–water partition coefficient (Wildman–Crippen LogP) is 2.17. The van der Waals surface area contributed by atoms with Crippen LogP contribution in [0.25, 0.3) is 5.69 Å². The van der Waals surface area contributed by atoms with Crippen LogP contribution in [0.5, 0.6) is 0 Å². The first kappa shape index (κ1) is 14.6. The highest BCUT2D eigenvalue weighted by atomic mass is 19.3. The number of nitrogens with zero attached hydrogens (tertiary/aromatic N) is 3. The first-order valence-electron chi connectivity index (χ1n) is 6.93. The minimum absolute atomic E-state index is 0.221. The number of carbonyl (C=O) groups is 1. The van der Waals surface area contributed by atoms with Crippen molar-refractivity contribution < 1.29 is 13.6 Å². The number of carbonyl (C=O) groups excluding carboxylic acids is 1. The highest BCUT2D eigenvalue weighted by Gasteiger charge is 2.78. The van der Waals surface area contributed by atoms with E-state index in [1.165, 1.54) is 20.2 Å². The van der Waals surface area contributed by atoms with Crippen LogP contribution in [0.2, 0.25) is 0 Å². The number of benzene rings is 1. The van der Waals surface area contributed by atoms with Crippen LogP contribution in [0.4, 0.5) is 8.78 Å². The molecule has 1 N–H and O–H groups in total. The zero-order valence-corrected chi connectivity index (χ0v) is 12.3. The Bertz CT molecular complexity index is 666. The summed E-state index contributed by atoms with van der Waals surface area (Å²) in [5.74, 6) is -4.77. The van der Waals surface area contributed by atoms with E-state index in [1.807, 2.05) is 24.3 Å². The fourth-order valence-electron chi connectivity index (χ4n) is 2.55. The van der Waals surface area contributed by atoms with Gasteiger partial charge in [0.1, 0.15) is 18.6 Å². The third-order valence-corrected chi connectivity index (χ3v) is 4.21. The van der Waals surface area contributed by atoms with Crippen molar-refractivity contribution in [1.82, 2.24) is 20.1 Å². The highest BCUT2D eigenvalue weighted by molar-refractivity contribution is 5.84. The molecule has 1 aliphatic carbocycles. The standard InChI is InChI=1S/C15H16F2N4O/c1-14(2)12(15(14,16)17)13(22)19-7-10-3-5-11(6-4-10)21-9-18-8-20-21/h3-6,8-9,12H,7H2,1-2H3,(H,19,22). The van der Waals surface area contributed by atoms with Gasteiger partial charge in [0, 0.05) is 12.0 Å². The van der Waals surface area contributed by atoms with E-state index in [2.05, 4.69) is 15.4 Å². The highest BCUT2D eigenvalue weighted by Crippen LogP contribution is 2.65. The van der Waals surface area contributed by atoms with Gasteiger partial charge in [0.25, 0.3) is 5.92 Å². The molecule has 0 bridgehead atoms. The monoisotopic (exact) mass is 306 g/mol. The molecule has 1 aromatic carbocycles. The fourth-order valence-corrected chi connectivity index (χ4v) is 2.55. The first-order chi connectivity index (χ1) is 10.3. The number of alkyl halides is 2. The average Bonchev–Trinajstić information content (AvgIpc) is 2.88. The molecular formula is C15H16F2N4O. The Hall–Kier alpha value is -2.31. The quantitative estimate of drug-likeness (QED) is 0.942. The van der Waals surface area contributed by atoms with Gasteiger partial charge in [0.2, 0.25) is 5.91 Å². The maximum Gasteiger partial charge on any atom is 0.266 e. The van der Waals surface area contributed by atoms with Gasteiger partial charge in [-0.15, -0.1) is 0 Å². The van der Waals surface area contributed by atoms with Gasteiger partial charge in [0.05, 0.1) is 5.69 Å². The van der Waals surface area contributed by atoms with Gasteiger partial charge in [-0.05, 0) is 17.7 Å². The third-order valence-electron chi connectivity index (χ3n) is 4.21. The minimum Gasteiger partial charge on any atom is -0.352 e. The van der Waals surface area contributed by atoms with E-state index in [4.69, 9.17) is 0 Å². The molecule has 1 aliphatic rings. The van der Waals surface area contributed by atoms with Crippen LogP contribution in [-0.4, -0.2) is 26.6 Å². The van der Waals surface area contributed by atoms with Gasteiger partial charge >= 0.3 is 0 Å². The predicted molar refractivity (Wildman–Crippen MR) is 75.4 cm³/mol. The lowest BCUT2D eigenvalue weighted by Crippen LogP contribution is -2.27. The molecule has 5 nitrogen and oxygen atoms in total. The summed E-state index contributed by atoms with van der Waals surface area (Å²) in [6, 6.07) is 7.28. The van der Waals surface area contributed by atoms with Gasteiger partial charge in [-0.25, -0.2) is 18.4 Å². The zero-order valence-electron chi connectivity index (χ0n) is 12.3. The summed E-state index contributed by atoms with van der Waals surface area (Å²) in [5, 5.41) is 6.58. The molecule has 1 aromatic heterocycles. The minimum atomic E-state index is -2.92. The summed E-state index contributed by atoms with van der Waals surface area (Å²) < 4.78 is 28.6. The maximum absolute atomic E-state index is 13.5. The molecule has 116 valence electrons. The molecule has 0 aliphatic heterocycles. The summed E-state index contributed by atoms with van der Waals surface area (Å²) in [6.07, 6.45) is 3.01. The van der Waals surface area contributed by atoms with Crippen molar-refractivity contribution in [3.8, 4) is 5.69 Å². The van der Waals surface area contributed by atoms with E-state index in [0.717, 1.165) is 11.3 Å². The zero-order chi connectivity index (χ0) is 16.0. The van der Waals surface area contributed by atoms with Gasteiger partial charge in [-0.1, -0.05) is 26.0 Å². The molecule has 1 heterocycles. The van der Waals surface area contributed by atoms with Crippen LogP contribution in [-0.2, 0) is 11.3 Å². The van der Waals surface area contributed by atoms with E-state index in [9.17, 15) is 13.6 Å². The number of nitrogens with one attached hydrogen (secondary N) is 1. The molecule has 3 rings (SSSR count). The lowest BCUT2D eigenvalue weighted by molar-refractivity contribution is -0.124. The summed E-state index contributed by atoms with van der Waals surface area (Å²) in [4.78, 5) is 15.7. The molecular weight excluding hydrogens is 290 g/mol. The molecule has 7 heteroatoms. The van der Waals surface area contributed by atoms with Crippen LogP contribution >= 0.6 is 0 Å². The molecule has 2 aromatic rings. The topological polar surface area (TPSA) is 59.8 Å². The summed E-state index contributed by atoms with van der Waals surface area (Å²) >= 11 is 0. The summed E-state index contributed by atoms with van der Waals surface area (Å²) in [5.41, 5.74) is 0.412. The van der Waals surface area contributed by atoms with Gasteiger partial charge < -0.3 is 5.32 Å². The average molecular weight is 306 g/mol. The van der Waals surface area contributed by atoms with Crippen LogP contribution < -0.4 is 5.32 Å². The molecule has 1 atom stereocenters. The van der Waals surface area contributed by atoms with Crippen LogP contribution in [0.1, 0.15) is 19.4 Å². The summed E-state index contributed by atoms with van der Waals surface area (Å²) in [7, 11) is 0. The molecule has 22 heavy (non-hydrogen) atoms. The molecule has 1 fully saturated rings. The number of halogens is 2. The van der Waals surface area contributed by atoms with Crippen molar-refractivity contribution >= 4 is 5.91 Å². The number of aromatic nitrogens is 3. The Balaban J connectivity index is 1.60.